The summed E-state index contributed by atoms with van der Waals surface area (Å²) in [6.07, 6.45) is 10.2. The molecule has 0 amide bonds. The standard InChI is InChI=1S/C14H32N2O2S/c15-11-7-3-1-5-9-13-19(17,18)14-10-6-2-4-8-12-16/h1-16H2. The van der Waals surface area contributed by atoms with Gasteiger partial charge in [0.25, 0.3) is 0 Å². The van der Waals surface area contributed by atoms with E-state index in [0.29, 0.717) is 11.5 Å². The summed E-state index contributed by atoms with van der Waals surface area (Å²) < 4.78 is 23.5. The Balaban J connectivity index is 3.42. The fourth-order valence-corrected chi connectivity index (χ4v) is 3.59. The molecule has 0 bridgehead atoms. The predicted molar refractivity (Wildman–Crippen MR) is 82.9 cm³/mol. The van der Waals surface area contributed by atoms with Gasteiger partial charge in [0.2, 0.25) is 0 Å². The van der Waals surface area contributed by atoms with Gasteiger partial charge in [-0.15, -0.1) is 0 Å². The minimum absolute atomic E-state index is 0.360. The highest BCUT2D eigenvalue weighted by Gasteiger charge is 2.09. The average molecular weight is 292 g/mol. The number of unbranched alkanes of at least 4 members (excludes halogenated alkanes) is 8. The largest absolute Gasteiger partial charge is 0.330 e. The zero-order valence-electron chi connectivity index (χ0n) is 12.3. The lowest BCUT2D eigenvalue weighted by Crippen LogP contribution is -2.11. The number of sulfone groups is 1. The molecule has 0 aliphatic heterocycles. The molecule has 0 atom stereocenters. The first-order chi connectivity index (χ1) is 9.12. The molecular formula is C14H32N2O2S. The molecule has 0 heterocycles. The topological polar surface area (TPSA) is 86.2 Å². The average Bonchev–Trinajstić information content (AvgIpc) is 2.38. The third kappa shape index (κ3) is 14.1. The van der Waals surface area contributed by atoms with Gasteiger partial charge in [-0.05, 0) is 38.8 Å². The van der Waals surface area contributed by atoms with Gasteiger partial charge in [-0.3, -0.25) is 0 Å². The number of hydrogen-bond acceptors (Lipinski definition) is 4. The molecular weight excluding hydrogens is 260 g/mol. The van der Waals surface area contributed by atoms with Crippen LogP contribution in [0.25, 0.3) is 0 Å². The van der Waals surface area contributed by atoms with E-state index in [9.17, 15) is 8.42 Å². The Kier molecular flexibility index (Phi) is 12.8. The summed E-state index contributed by atoms with van der Waals surface area (Å²) in [7, 11) is -2.82. The van der Waals surface area contributed by atoms with Gasteiger partial charge in [0.15, 0.2) is 0 Å². The molecule has 0 rings (SSSR count). The molecule has 0 aromatic rings. The molecule has 19 heavy (non-hydrogen) atoms. The molecule has 0 spiro atoms. The van der Waals surface area contributed by atoms with Crippen LogP contribution >= 0.6 is 0 Å². The fourth-order valence-electron chi connectivity index (χ4n) is 2.10. The van der Waals surface area contributed by atoms with Crippen molar-refractivity contribution in [1.29, 1.82) is 0 Å². The van der Waals surface area contributed by atoms with Crippen LogP contribution in [0.3, 0.4) is 0 Å². The fraction of sp³-hybridized carbons (Fsp3) is 1.00. The SMILES string of the molecule is NCCCCCCCS(=O)(=O)CCCCCCCN. The molecule has 0 aromatic carbocycles. The van der Waals surface area contributed by atoms with Crippen molar-refractivity contribution in [1.82, 2.24) is 0 Å². The molecule has 0 aliphatic carbocycles. The molecule has 0 aliphatic rings. The van der Waals surface area contributed by atoms with Crippen molar-refractivity contribution in [2.45, 2.75) is 64.2 Å². The third-order valence-electron chi connectivity index (χ3n) is 3.32. The maximum absolute atomic E-state index is 11.8. The van der Waals surface area contributed by atoms with Crippen LogP contribution < -0.4 is 11.5 Å². The highest BCUT2D eigenvalue weighted by molar-refractivity contribution is 7.91. The van der Waals surface area contributed by atoms with E-state index in [1.165, 1.54) is 0 Å². The van der Waals surface area contributed by atoms with Gasteiger partial charge in [0, 0.05) is 0 Å². The molecule has 4 N–H and O–H groups in total. The maximum atomic E-state index is 11.8. The molecule has 0 aromatic heterocycles. The van der Waals surface area contributed by atoms with Crippen molar-refractivity contribution in [3.8, 4) is 0 Å². The van der Waals surface area contributed by atoms with Gasteiger partial charge in [-0.2, -0.15) is 0 Å². The monoisotopic (exact) mass is 292 g/mol. The third-order valence-corrected chi connectivity index (χ3v) is 5.14. The van der Waals surface area contributed by atoms with Crippen molar-refractivity contribution in [3.05, 3.63) is 0 Å². The van der Waals surface area contributed by atoms with Crippen molar-refractivity contribution in [3.63, 3.8) is 0 Å². The van der Waals surface area contributed by atoms with E-state index in [-0.39, 0.29) is 0 Å². The van der Waals surface area contributed by atoms with Gasteiger partial charge in [0.05, 0.1) is 11.5 Å². The van der Waals surface area contributed by atoms with Gasteiger partial charge in [0.1, 0.15) is 9.84 Å². The van der Waals surface area contributed by atoms with Gasteiger partial charge in [-0.25, -0.2) is 8.42 Å². The van der Waals surface area contributed by atoms with Gasteiger partial charge in [-0.1, -0.05) is 38.5 Å². The minimum Gasteiger partial charge on any atom is -0.330 e. The van der Waals surface area contributed by atoms with Crippen molar-refractivity contribution in [2.75, 3.05) is 24.6 Å². The van der Waals surface area contributed by atoms with E-state index >= 15 is 0 Å². The number of hydrogen-bond donors (Lipinski definition) is 2. The minimum atomic E-state index is -2.82. The van der Waals surface area contributed by atoms with E-state index in [2.05, 4.69) is 0 Å². The van der Waals surface area contributed by atoms with E-state index < -0.39 is 9.84 Å². The van der Waals surface area contributed by atoms with Crippen molar-refractivity contribution < 1.29 is 8.42 Å². The lowest BCUT2D eigenvalue weighted by molar-refractivity contribution is 0.576. The first-order valence-electron chi connectivity index (χ1n) is 7.73. The Morgan fingerprint density at radius 2 is 0.842 bits per heavy atom. The van der Waals surface area contributed by atoms with E-state index in [0.717, 1.165) is 77.3 Å². The summed E-state index contributed by atoms with van der Waals surface area (Å²) in [5, 5.41) is 0. The van der Waals surface area contributed by atoms with Crippen LogP contribution in [0.15, 0.2) is 0 Å². The summed E-state index contributed by atoms with van der Waals surface area (Å²) in [5.41, 5.74) is 10.8. The van der Waals surface area contributed by atoms with Crippen molar-refractivity contribution in [2.24, 2.45) is 11.5 Å². The second-order valence-electron chi connectivity index (χ2n) is 5.26. The van der Waals surface area contributed by atoms with Crippen LogP contribution in [0.5, 0.6) is 0 Å². The van der Waals surface area contributed by atoms with E-state index in [1.54, 1.807) is 0 Å². The molecule has 4 nitrogen and oxygen atoms in total. The Labute approximate surface area is 119 Å². The first kappa shape index (κ1) is 18.9. The summed E-state index contributed by atoms with van der Waals surface area (Å²) in [6, 6.07) is 0. The number of nitrogens with two attached hydrogens (primary N) is 2. The summed E-state index contributed by atoms with van der Waals surface area (Å²) in [4.78, 5) is 0. The van der Waals surface area contributed by atoms with Crippen LogP contribution in [-0.2, 0) is 9.84 Å². The van der Waals surface area contributed by atoms with E-state index in [1.807, 2.05) is 0 Å². The molecule has 0 unspecified atom stereocenters. The molecule has 0 fully saturated rings. The first-order valence-corrected chi connectivity index (χ1v) is 9.55. The second kappa shape index (κ2) is 12.9. The van der Waals surface area contributed by atoms with Gasteiger partial charge >= 0.3 is 0 Å². The highest BCUT2D eigenvalue weighted by atomic mass is 32.2. The number of rotatable bonds is 14. The van der Waals surface area contributed by atoms with Crippen molar-refractivity contribution >= 4 is 9.84 Å². The molecule has 116 valence electrons. The second-order valence-corrected chi connectivity index (χ2v) is 7.57. The van der Waals surface area contributed by atoms with E-state index in [4.69, 9.17) is 11.5 Å². The Morgan fingerprint density at radius 1 is 0.526 bits per heavy atom. The highest BCUT2D eigenvalue weighted by Crippen LogP contribution is 2.08. The Bertz CT molecular complexity index is 257. The summed E-state index contributed by atoms with van der Waals surface area (Å²) >= 11 is 0. The van der Waals surface area contributed by atoms with Crippen LogP contribution in [0.1, 0.15) is 64.2 Å². The smallest absolute Gasteiger partial charge is 0.150 e. The van der Waals surface area contributed by atoms with Crippen LogP contribution in [-0.4, -0.2) is 33.0 Å². The molecule has 0 radical (unpaired) electrons. The Morgan fingerprint density at radius 3 is 1.21 bits per heavy atom. The van der Waals surface area contributed by atoms with Crippen LogP contribution in [0.2, 0.25) is 0 Å². The normalized spacial score (nSPS) is 11.9. The molecule has 0 saturated heterocycles. The predicted octanol–water partition coefficient (Wildman–Crippen LogP) is 2.22. The molecule has 5 heteroatoms. The van der Waals surface area contributed by atoms with Crippen LogP contribution in [0, 0.1) is 0 Å². The summed E-state index contributed by atoms with van der Waals surface area (Å²) in [6.45, 7) is 1.48. The summed E-state index contributed by atoms with van der Waals surface area (Å²) in [5.74, 6) is 0.719. The van der Waals surface area contributed by atoms with Crippen LogP contribution in [0.4, 0.5) is 0 Å². The Hall–Kier alpha value is -0.130. The lowest BCUT2D eigenvalue weighted by Gasteiger charge is -2.04. The zero-order valence-corrected chi connectivity index (χ0v) is 13.1. The zero-order chi connectivity index (χ0) is 14.4. The quantitative estimate of drug-likeness (QED) is 0.481. The maximum Gasteiger partial charge on any atom is 0.150 e. The molecule has 0 saturated carbocycles. The van der Waals surface area contributed by atoms with Gasteiger partial charge < -0.3 is 11.5 Å². The lowest BCUT2D eigenvalue weighted by atomic mass is 10.1.